The first-order chi connectivity index (χ1) is 7.15. The average molecular weight is 325 g/mol. The van der Waals surface area contributed by atoms with E-state index in [1.165, 1.54) is 0 Å². The fraction of sp³-hybridized carbons (Fsp3) is 0.364. The molecule has 1 fully saturated rings. The molecule has 1 amide bonds. The zero-order valence-electron chi connectivity index (χ0n) is 9.98. The van der Waals surface area contributed by atoms with Crippen LogP contribution in [-0.4, -0.2) is 24.2 Å². The van der Waals surface area contributed by atoms with Crippen LogP contribution in [0.1, 0.15) is 6.92 Å². The van der Waals surface area contributed by atoms with Gasteiger partial charge in [-0.2, -0.15) is 0 Å². The van der Waals surface area contributed by atoms with Crippen LogP contribution in [0.3, 0.4) is 0 Å². The van der Waals surface area contributed by atoms with Crippen LogP contribution in [0.4, 0.5) is 5.69 Å². The van der Waals surface area contributed by atoms with Crippen molar-refractivity contribution in [2.45, 2.75) is 6.92 Å². The van der Waals surface area contributed by atoms with Gasteiger partial charge >= 0.3 is 51.4 Å². The third-order valence-electron chi connectivity index (χ3n) is 2.71. The van der Waals surface area contributed by atoms with Crippen LogP contribution in [-0.2, 0) is 4.79 Å². The van der Waals surface area contributed by atoms with Crippen LogP contribution in [0.2, 0.25) is 0 Å². The quantitative estimate of drug-likeness (QED) is 0.534. The molecule has 0 saturated carbocycles. The maximum Gasteiger partial charge on any atom is 1.00 e. The van der Waals surface area contributed by atoms with Gasteiger partial charge < -0.3 is 22.1 Å². The molecule has 0 bridgehead atoms. The third-order valence-corrected chi connectivity index (χ3v) is 2.71. The van der Waals surface area contributed by atoms with Crippen LogP contribution in [0.5, 0.6) is 0 Å². The van der Waals surface area contributed by atoms with E-state index < -0.39 is 5.41 Å². The SMILES string of the molecule is CC1(CO)CN(c2ccccc2)NC1=O.[Br-].[K+]. The number of para-hydroxylation sites is 1. The summed E-state index contributed by atoms with van der Waals surface area (Å²) in [5.41, 5.74) is 2.98. The maximum absolute atomic E-state index is 11.6. The number of aliphatic hydroxyl groups is 1. The number of hydrogen-bond donors (Lipinski definition) is 2. The maximum atomic E-state index is 11.6. The van der Waals surface area contributed by atoms with E-state index in [-0.39, 0.29) is 80.9 Å². The Balaban J connectivity index is 0.00000128. The van der Waals surface area contributed by atoms with Crippen molar-refractivity contribution in [3.8, 4) is 0 Å². The second-order valence-corrected chi connectivity index (χ2v) is 4.08. The van der Waals surface area contributed by atoms with Crippen molar-refractivity contribution in [1.82, 2.24) is 5.43 Å². The minimum absolute atomic E-state index is 0. The standard InChI is InChI=1S/C11H14N2O2.BrH.K/c1-11(8-14)7-13(12-10(11)15)9-5-3-2-4-6-9;;/h2-6,14H,7-8H2,1H3,(H,12,15);1H;/q;;+1/p-1. The fourth-order valence-electron chi connectivity index (χ4n) is 1.60. The van der Waals surface area contributed by atoms with Gasteiger partial charge in [-0.3, -0.25) is 15.2 Å². The Kier molecular flexibility index (Phi) is 7.47. The smallest absolute Gasteiger partial charge is 1.00 e. The van der Waals surface area contributed by atoms with Gasteiger partial charge in [-0.05, 0) is 19.1 Å². The van der Waals surface area contributed by atoms with Crippen molar-refractivity contribution in [3.05, 3.63) is 30.3 Å². The number of nitrogens with zero attached hydrogens (tertiary/aromatic N) is 1. The van der Waals surface area contributed by atoms with E-state index in [1.54, 1.807) is 11.9 Å². The van der Waals surface area contributed by atoms with Crippen molar-refractivity contribution >= 4 is 11.6 Å². The number of carbonyl (C=O) groups is 1. The molecule has 1 heterocycles. The van der Waals surface area contributed by atoms with E-state index in [4.69, 9.17) is 0 Å². The average Bonchev–Trinajstić information content (AvgIpc) is 2.58. The van der Waals surface area contributed by atoms with Crippen LogP contribution >= 0.6 is 0 Å². The number of hydrazine groups is 1. The molecule has 4 nitrogen and oxygen atoms in total. The van der Waals surface area contributed by atoms with Gasteiger partial charge in [0.05, 0.1) is 24.3 Å². The van der Waals surface area contributed by atoms with E-state index in [0.717, 1.165) is 5.69 Å². The minimum Gasteiger partial charge on any atom is -1.00 e. The Hall–Kier alpha value is 0.566. The fourth-order valence-corrected chi connectivity index (χ4v) is 1.60. The molecule has 1 aromatic carbocycles. The van der Waals surface area contributed by atoms with Crippen LogP contribution < -0.4 is 78.8 Å². The first-order valence-electron chi connectivity index (χ1n) is 4.90. The molecule has 1 aliphatic rings. The minimum atomic E-state index is -0.699. The number of rotatable bonds is 2. The molecule has 1 unspecified atom stereocenters. The number of aliphatic hydroxyl groups excluding tert-OH is 1. The summed E-state index contributed by atoms with van der Waals surface area (Å²) in [6.45, 7) is 2.11. The van der Waals surface area contributed by atoms with Gasteiger partial charge in [-0.25, -0.2) is 0 Å². The Bertz CT molecular complexity index is 377. The molecule has 1 aliphatic heterocycles. The van der Waals surface area contributed by atoms with Crippen molar-refractivity contribution in [3.63, 3.8) is 0 Å². The molecule has 17 heavy (non-hydrogen) atoms. The zero-order chi connectivity index (χ0) is 10.9. The number of benzene rings is 1. The van der Waals surface area contributed by atoms with E-state index in [0.29, 0.717) is 6.54 Å². The van der Waals surface area contributed by atoms with Gasteiger partial charge in [0.25, 0.3) is 0 Å². The molecular formula is C11H14BrKN2O2. The second-order valence-electron chi connectivity index (χ2n) is 4.08. The molecule has 6 heteroatoms. The molecule has 2 rings (SSSR count). The Morgan fingerprint density at radius 2 is 2.00 bits per heavy atom. The van der Waals surface area contributed by atoms with Crippen molar-refractivity contribution in [1.29, 1.82) is 0 Å². The number of nitrogens with one attached hydrogen (secondary N) is 1. The molecule has 0 aliphatic carbocycles. The molecular weight excluding hydrogens is 311 g/mol. The molecule has 1 atom stereocenters. The van der Waals surface area contributed by atoms with E-state index in [9.17, 15) is 9.90 Å². The first kappa shape index (κ1) is 17.6. The predicted molar refractivity (Wildman–Crippen MR) is 57.1 cm³/mol. The van der Waals surface area contributed by atoms with Crippen LogP contribution in [0.25, 0.3) is 0 Å². The summed E-state index contributed by atoms with van der Waals surface area (Å²) in [5.74, 6) is -0.131. The Morgan fingerprint density at radius 1 is 1.41 bits per heavy atom. The number of hydrogen-bond acceptors (Lipinski definition) is 3. The molecule has 0 aromatic heterocycles. The largest absolute Gasteiger partial charge is 1.00 e. The summed E-state index contributed by atoms with van der Waals surface area (Å²) in [6, 6.07) is 9.59. The summed E-state index contributed by atoms with van der Waals surface area (Å²) in [5, 5.41) is 10.9. The second kappa shape index (κ2) is 7.23. The van der Waals surface area contributed by atoms with Crippen molar-refractivity contribution in [2.24, 2.45) is 5.41 Å². The Labute approximate surface area is 154 Å². The number of halogens is 1. The summed E-state index contributed by atoms with van der Waals surface area (Å²) in [7, 11) is 0. The van der Waals surface area contributed by atoms with Crippen molar-refractivity contribution in [2.75, 3.05) is 18.2 Å². The van der Waals surface area contributed by atoms with E-state index >= 15 is 0 Å². The van der Waals surface area contributed by atoms with Gasteiger partial charge in [0.1, 0.15) is 0 Å². The van der Waals surface area contributed by atoms with Crippen LogP contribution in [0.15, 0.2) is 30.3 Å². The number of amides is 1. The van der Waals surface area contributed by atoms with E-state index in [2.05, 4.69) is 5.43 Å². The third kappa shape index (κ3) is 3.76. The number of carbonyl (C=O) groups excluding carboxylic acids is 1. The number of anilines is 1. The van der Waals surface area contributed by atoms with Gasteiger partial charge in [-0.15, -0.1) is 0 Å². The van der Waals surface area contributed by atoms with Gasteiger partial charge in [0.2, 0.25) is 5.91 Å². The van der Waals surface area contributed by atoms with Crippen molar-refractivity contribution < 1.29 is 78.3 Å². The first-order valence-corrected chi connectivity index (χ1v) is 4.90. The molecule has 2 N–H and O–H groups in total. The van der Waals surface area contributed by atoms with Crippen LogP contribution in [0, 0.1) is 5.41 Å². The molecule has 0 radical (unpaired) electrons. The molecule has 88 valence electrons. The van der Waals surface area contributed by atoms with Gasteiger partial charge in [-0.1, -0.05) is 18.2 Å². The van der Waals surface area contributed by atoms with E-state index in [1.807, 2.05) is 30.3 Å². The predicted octanol–water partition coefficient (Wildman–Crippen LogP) is -5.46. The molecule has 1 saturated heterocycles. The monoisotopic (exact) mass is 324 g/mol. The molecule has 0 spiro atoms. The summed E-state index contributed by atoms with van der Waals surface area (Å²) < 4.78 is 0. The normalized spacial score (nSPS) is 22.5. The van der Waals surface area contributed by atoms with Gasteiger partial charge in [0, 0.05) is 0 Å². The summed E-state index contributed by atoms with van der Waals surface area (Å²) >= 11 is 0. The topological polar surface area (TPSA) is 52.6 Å². The zero-order valence-corrected chi connectivity index (χ0v) is 14.7. The Morgan fingerprint density at radius 3 is 2.47 bits per heavy atom. The summed E-state index contributed by atoms with van der Waals surface area (Å²) in [4.78, 5) is 11.6. The van der Waals surface area contributed by atoms with Gasteiger partial charge in [0.15, 0.2) is 0 Å². The molecule has 1 aromatic rings. The summed E-state index contributed by atoms with van der Waals surface area (Å²) in [6.07, 6.45) is 0.